The second kappa shape index (κ2) is 6.98. The number of morpholine rings is 1. The Bertz CT molecular complexity index is 613. The van der Waals surface area contributed by atoms with Gasteiger partial charge in [-0.25, -0.2) is 4.79 Å². The first-order chi connectivity index (χ1) is 11.1. The zero-order chi connectivity index (χ0) is 16.4. The van der Waals surface area contributed by atoms with Crippen molar-refractivity contribution in [2.24, 2.45) is 0 Å². The lowest BCUT2D eigenvalue weighted by molar-refractivity contribution is -0.119. The summed E-state index contributed by atoms with van der Waals surface area (Å²) in [6, 6.07) is 0.225. The molecule has 1 aliphatic carbocycles. The third kappa shape index (κ3) is 3.41. The lowest BCUT2D eigenvalue weighted by Gasteiger charge is -2.32. The summed E-state index contributed by atoms with van der Waals surface area (Å²) >= 11 is 1.51. The first kappa shape index (κ1) is 16.4. The van der Waals surface area contributed by atoms with E-state index in [-0.39, 0.29) is 17.9 Å². The number of hydrogen-bond donors (Lipinski definition) is 1. The van der Waals surface area contributed by atoms with Gasteiger partial charge in [0, 0.05) is 17.5 Å². The molecule has 7 heteroatoms. The number of esters is 1. The number of fused-ring (bicyclic) bond motifs is 1. The molecule has 1 amide bonds. The molecule has 23 heavy (non-hydrogen) atoms. The van der Waals surface area contributed by atoms with Gasteiger partial charge < -0.3 is 14.8 Å². The van der Waals surface area contributed by atoms with Gasteiger partial charge in [0.25, 0.3) is 0 Å². The molecule has 1 N–H and O–H groups in total. The molecule has 1 aromatic heterocycles. The van der Waals surface area contributed by atoms with Crippen LogP contribution in [-0.4, -0.2) is 56.2 Å². The Morgan fingerprint density at radius 3 is 3.00 bits per heavy atom. The van der Waals surface area contributed by atoms with Crippen LogP contribution in [0.1, 0.15) is 34.1 Å². The van der Waals surface area contributed by atoms with Crippen molar-refractivity contribution in [2.45, 2.75) is 32.2 Å². The van der Waals surface area contributed by atoms with Crippen molar-refractivity contribution < 1.29 is 19.1 Å². The van der Waals surface area contributed by atoms with Gasteiger partial charge in [0.1, 0.15) is 5.00 Å². The summed E-state index contributed by atoms with van der Waals surface area (Å²) in [4.78, 5) is 27.8. The Hall–Kier alpha value is -1.44. The van der Waals surface area contributed by atoms with Crippen LogP contribution in [0, 0.1) is 0 Å². The second-order valence-electron chi connectivity index (χ2n) is 6.00. The molecule has 2 aliphatic rings. The van der Waals surface area contributed by atoms with Gasteiger partial charge in [-0.3, -0.25) is 9.69 Å². The number of methoxy groups -OCH3 is 1. The van der Waals surface area contributed by atoms with Crippen LogP contribution in [-0.2, 0) is 27.1 Å². The van der Waals surface area contributed by atoms with Crippen molar-refractivity contribution in [1.82, 2.24) is 4.90 Å². The van der Waals surface area contributed by atoms with Crippen LogP contribution in [0.25, 0.3) is 0 Å². The highest BCUT2D eigenvalue weighted by Crippen LogP contribution is 2.39. The van der Waals surface area contributed by atoms with Gasteiger partial charge in [-0.1, -0.05) is 0 Å². The van der Waals surface area contributed by atoms with Crippen molar-refractivity contribution >= 4 is 28.2 Å². The number of hydrogen-bond acceptors (Lipinski definition) is 6. The fourth-order valence-electron chi connectivity index (χ4n) is 3.16. The van der Waals surface area contributed by atoms with Crippen LogP contribution in [0.3, 0.4) is 0 Å². The third-order valence-electron chi connectivity index (χ3n) is 4.42. The molecular weight excluding hydrogens is 316 g/mol. The molecule has 1 aromatic rings. The SMILES string of the molecule is COC(=O)c1c(NC(=O)CN2CCOCC2C)sc2c1CCC2. The van der Waals surface area contributed by atoms with E-state index in [1.165, 1.54) is 23.3 Å². The largest absolute Gasteiger partial charge is 0.465 e. The van der Waals surface area contributed by atoms with Gasteiger partial charge in [-0.2, -0.15) is 0 Å². The number of anilines is 1. The molecule has 1 aliphatic heterocycles. The predicted octanol–water partition coefficient (Wildman–Crippen LogP) is 1.68. The van der Waals surface area contributed by atoms with E-state index >= 15 is 0 Å². The van der Waals surface area contributed by atoms with Crippen LogP contribution < -0.4 is 5.32 Å². The Morgan fingerprint density at radius 2 is 2.26 bits per heavy atom. The van der Waals surface area contributed by atoms with E-state index < -0.39 is 0 Å². The molecule has 1 unspecified atom stereocenters. The number of aryl methyl sites for hydroxylation is 1. The predicted molar refractivity (Wildman–Crippen MR) is 88.2 cm³/mol. The van der Waals surface area contributed by atoms with Crippen molar-refractivity contribution in [2.75, 3.05) is 38.7 Å². The number of nitrogens with one attached hydrogen (secondary N) is 1. The monoisotopic (exact) mass is 338 g/mol. The highest BCUT2D eigenvalue weighted by molar-refractivity contribution is 7.17. The molecular formula is C16H22N2O4S. The van der Waals surface area contributed by atoms with E-state index in [2.05, 4.69) is 10.2 Å². The highest BCUT2D eigenvalue weighted by atomic mass is 32.1. The minimum Gasteiger partial charge on any atom is -0.465 e. The number of carbonyl (C=O) groups is 2. The first-order valence-electron chi connectivity index (χ1n) is 7.94. The number of rotatable bonds is 4. The lowest BCUT2D eigenvalue weighted by atomic mass is 10.1. The summed E-state index contributed by atoms with van der Waals surface area (Å²) in [6.45, 7) is 4.41. The highest BCUT2D eigenvalue weighted by Gasteiger charge is 2.28. The maximum absolute atomic E-state index is 12.4. The van der Waals surface area contributed by atoms with Crippen LogP contribution in [0.5, 0.6) is 0 Å². The minimum absolute atomic E-state index is 0.0937. The van der Waals surface area contributed by atoms with Gasteiger partial charge >= 0.3 is 5.97 Å². The van der Waals surface area contributed by atoms with Gasteiger partial charge in [0.2, 0.25) is 5.91 Å². The zero-order valence-electron chi connectivity index (χ0n) is 13.5. The summed E-state index contributed by atoms with van der Waals surface area (Å²) in [5.41, 5.74) is 1.60. The van der Waals surface area contributed by atoms with E-state index in [0.717, 1.165) is 31.4 Å². The molecule has 1 saturated heterocycles. The van der Waals surface area contributed by atoms with Crippen molar-refractivity contribution in [3.8, 4) is 0 Å². The molecule has 1 fully saturated rings. The molecule has 0 bridgehead atoms. The van der Waals surface area contributed by atoms with E-state index in [1.54, 1.807) is 0 Å². The topological polar surface area (TPSA) is 67.9 Å². The van der Waals surface area contributed by atoms with Gasteiger partial charge in [-0.15, -0.1) is 11.3 Å². The average Bonchev–Trinajstić information content (AvgIpc) is 3.09. The van der Waals surface area contributed by atoms with Crippen LogP contribution >= 0.6 is 11.3 Å². The fourth-order valence-corrected chi connectivity index (χ4v) is 4.45. The summed E-state index contributed by atoms with van der Waals surface area (Å²) in [5.74, 6) is -0.455. The quantitative estimate of drug-likeness (QED) is 0.846. The van der Waals surface area contributed by atoms with Gasteiger partial charge in [-0.05, 0) is 31.7 Å². The maximum atomic E-state index is 12.4. The van der Waals surface area contributed by atoms with E-state index in [0.29, 0.717) is 30.3 Å². The van der Waals surface area contributed by atoms with Crippen LogP contribution in [0.15, 0.2) is 0 Å². The fraction of sp³-hybridized carbons (Fsp3) is 0.625. The Morgan fingerprint density at radius 1 is 1.43 bits per heavy atom. The molecule has 3 rings (SSSR count). The van der Waals surface area contributed by atoms with E-state index in [4.69, 9.17) is 9.47 Å². The van der Waals surface area contributed by atoms with Gasteiger partial charge in [0.05, 0.1) is 32.4 Å². The van der Waals surface area contributed by atoms with Crippen LogP contribution in [0.4, 0.5) is 5.00 Å². The lowest BCUT2D eigenvalue weighted by Crippen LogP contribution is -2.47. The number of nitrogens with zero attached hydrogens (tertiary/aromatic N) is 1. The molecule has 2 heterocycles. The minimum atomic E-state index is -0.362. The second-order valence-corrected chi connectivity index (χ2v) is 7.10. The number of ether oxygens (including phenoxy) is 2. The molecule has 6 nitrogen and oxygen atoms in total. The number of carbonyl (C=O) groups excluding carboxylic acids is 2. The van der Waals surface area contributed by atoms with Crippen molar-refractivity contribution in [1.29, 1.82) is 0 Å². The first-order valence-corrected chi connectivity index (χ1v) is 8.76. The summed E-state index contributed by atoms with van der Waals surface area (Å²) in [7, 11) is 1.38. The van der Waals surface area contributed by atoms with Crippen LogP contribution in [0.2, 0.25) is 0 Å². The van der Waals surface area contributed by atoms with E-state index in [1.807, 2.05) is 6.92 Å². The van der Waals surface area contributed by atoms with Crippen molar-refractivity contribution in [3.05, 3.63) is 16.0 Å². The summed E-state index contributed by atoms with van der Waals surface area (Å²) in [6.07, 6.45) is 2.91. The zero-order valence-corrected chi connectivity index (χ0v) is 14.3. The normalized spacial score (nSPS) is 21.0. The summed E-state index contributed by atoms with van der Waals surface area (Å²) in [5, 5.41) is 3.55. The van der Waals surface area contributed by atoms with E-state index in [9.17, 15) is 9.59 Å². The van der Waals surface area contributed by atoms with Crippen molar-refractivity contribution in [3.63, 3.8) is 0 Å². The molecule has 1 atom stereocenters. The standard InChI is InChI=1S/C16H22N2O4S/c1-10-9-22-7-6-18(10)8-13(19)17-15-14(16(20)21-2)11-4-3-5-12(11)23-15/h10H,3-9H2,1-2H3,(H,17,19). The molecule has 0 radical (unpaired) electrons. The number of thiophene rings is 1. The molecule has 0 aromatic carbocycles. The number of amides is 1. The summed E-state index contributed by atoms with van der Waals surface area (Å²) < 4.78 is 10.3. The molecule has 0 spiro atoms. The third-order valence-corrected chi connectivity index (χ3v) is 5.62. The average molecular weight is 338 g/mol. The molecule has 126 valence electrons. The maximum Gasteiger partial charge on any atom is 0.341 e. The Kier molecular flexibility index (Phi) is 4.99. The smallest absolute Gasteiger partial charge is 0.341 e. The Balaban J connectivity index is 1.72. The van der Waals surface area contributed by atoms with Gasteiger partial charge in [0.15, 0.2) is 0 Å². The Labute approximate surface area is 139 Å². The molecule has 0 saturated carbocycles.